The molecule has 0 unspecified atom stereocenters. The number of piperazine rings is 1. The molecule has 3 heterocycles. The number of nitrogens with zero attached hydrogens (tertiary/aromatic N) is 6. The van der Waals surface area contributed by atoms with E-state index in [2.05, 4.69) is 44.0 Å². The predicted molar refractivity (Wildman–Crippen MR) is 124 cm³/mol. The number of likely N-dealkylation sites (N-methyl/N-ethyl adjacent to an activating group) is 1. The van der Waals surface area contributed by atoms with Gasteiger partial charge in [-0.05, 0) is 62.0 Å². The van der Waals surface area contributed by atoms with Crippen molar-refractivity contribution < 1.29 is 4.79 Å². The number of carbonyl (C=O) groups excluding carboxylic acids is 1. The summed E-state index contributed by atoms with van der Waals surface area (Å²) in [6, 6.07) is 7.96. The zero-order valence-electron chi connectivity index (χ0n) is 18.1. The fourth-order valence-corrected chi connectivity index (χ4v) is 4.13. The van der Waals surface area contributed by atoms with Gasteiger partial charge in [0.1, 0.15) is 11.6 Å². The topological polar surface area (TPSA) is 86.6 Å². The van der Waals surface area contributed by atoms with Crippen molar-refractivity contribution in [2.75, 3.05) is 50.0 Å². The maximum Gasteiger partial charge on any atom is 0.234 e. The monoisotopic (exact) mass is 437 g/mol. The van der Waals surface area contributed by atoms with Crippen molar-refractivity contribution >= 4 is 35.3 Å². The summed E-state index contributed by atoms with van der Waals surface area (Å²) in [5.74, 6) is 2.12. The van der Waals surface area contributed by atoms with Crippen LogP contribution in [0.15, 0.2) is 51.0 Å². The van der Waals surface area contributed by atoms with Crippen molar-refractivity contribution in [3.63, 3.8) is 0 Å². The van der Waals surface area contributed by atoms with Crippen LogP contribution in [-0.4, -0.2) is 71.2 Å². The average molecular weight is 438 g/mol. The third-order valence-electron chi connectivity index (χ3n) is 5.10. The van der Waals surface area contributed by atoms with Crippen molar-refractivity contribution in [1.82, 2.24) is 19.9 Å². The summed E-state index contributed by atoms with van der Waals surface area (Å²) in [6.45, 7) is 8.07. The maximum atomic E-state index is 11.3. The number of hydrogen-bond acceptors (Lipinski definition) is 9. The molecule has 0 spiro atoms. The minimum atomic E-state index is 0.157. The van der Waals surface area contributed by atoms with Crippen LogP contribution in [0.2, 0.25) is 0 Å². The van der Waals surface area contributed by atoms with Crippen LogP contribution < -0.4 is 10.2 Å². The second-order valence-electron chi connectivity index (χ2n) is 7.97. The number of nitrogens with one attached hydrogen (secondary N) is 1. The number of anilines is 2. The van der Waals surface area contributed by atoms with Gasteiger partial charge in [0.05, 0.1) is 6.54 Å². The van der Waals surface area contributed by atoms with E-state index in [1.165, 1.54) is 17.3 Å². The van der Waals surface area contributed by atoms with E-state index in [9.17, 15) is 4.79 Å². The Morgan fingerprint density at radius 1 is 1.10 bits per heavy atom. The third-order valence-corrected chi connectivity index (χ3v) is 5.97. The van der Waals surface area contributed by atoms with E-state index in [0.29, 0.717) is 30.0 Å². The highest BCUT2D eigenvalue weighted by molar-refractivity contribution is 7.99. The molecule has 2 aromatic rings. The summed E-state index contributed by atoms with van der Waals surface area (Å²) in [6.07, 6.45) is 2.47. The first-order valence-corrected chi connectivity index (χ1v) is 11.2. The highest BCUT2D eigenvalue weighted by Gasteiger charge is 2.19. The molecule has 31 heavy (non-hydrogen) atoms. The number of ketones is 1. The first-order valence-electron chi connectivity index (χ1n) is 10.4. The molecule has 1 aromatic carbocycles. The van der Waals surface area contributed by atoms with Crippen molar-refractivity contribution in [1.29, 1.82) is 0 Å². The zero-order valence-corrected chi connectivity index (χ0v) is 18.9. The molecule has 9 heteroatoms. The molecule has 2 aliphatic rings. The fraction of sp³-hybridized carbons (Fsp3) is 0.409. The van der Waals surface area contributed by atoms with Crippen LogP contribution in [0.4, 0.5) is 11.9 Å². The molecule has 0 bridgehead atoms. The summed E-state index contributed by atoms with van der Waals surface area (Å²) in [7, 11) is 2.13. The van der Waals surface area contributed by atoms with Gasteiger partial charge >= 0.3 is 0 Å². The van der Waals surface area contributed by atoms with E-state index < -0.39 is 0 Å². The molecule has 0 aliphatic carbocycles. The standard InChI is InChI=1S/C22H27N7OS/c1-15-12-19(23-14-15)24-20-25-21(29-10-8-28(3)9-11-29)27-22(26-20)31-18-6-4-17(5-7-18)13-16(2)30/h4-7,12H,8-11,13-14H2,1-3H3,(H,23,24,25,26,27). The van der Waals surface area contributed by atoms with E-state index in [0.717, 1.165) is 42.5 Å². The Bertz CT molecular complexity index is 1010. The van der Waals surface area contributed by atoms with Gasteiger partial charge in [0.2, 0.25) is 11.9 Å². The number of rotatable bonds is 6. The van der Waals surface area contributed by atoms with Gasteiger partial charge in [0.15, 0.2) is 5.16 Å². The van der Waals surface area contributed by atoms with Crippen LogP contribution in [-0.2, 0) is 11.2 Å². The summed E-state index contributed by atoms with van der Waals surface area (Å²) >= 11 is 1.49. The molecule has 1 aromatic heterocycles. The van der Waals surface area contributed by atoms with Gasteiger partial charge in [-0.3, -0.25) is 9.79 Å². The number of aromatic nitrogens is 3. The smallest absolute Gasteiger partial charge is 0.234 e. The lowest BCUT2D eigenvalue weighted by atomic mass is 10.1. The van der Waals surface area contributed by atoms with Gasteiger partial charge < -0.3 is 15.1 Å². The Morgan fingerprint density at radius 3 is 2.48 bits per heavy atom. The van der Waals surface area contributed by atoms with Crippen LogP contribution in [0.5, 0.6) is 0 Å². The van der Waals surface area contributed by atoms with Crippen LogP contribution in [0.1, 0.15) is 19.4 Å². The van der Waals surface area contributed by atoms with Crippen molar-refractivity contribution in [2.24, 2.45) is 4.99 Å². The number of amidine groups is 1. The first kappa shape index (κ1) is 21.5. The van der Waals surface area contributed by atoms with Crippen LogP contribution in [0, 0.1) is 0 Å². The number of benzene rings is 1. The largest absolute Gasteiger partial charge is 0.338 e. The van der Waals surface area contributed by atoms with Crippen LogP contribution in [0.3, 0.4) is 0 Å². The zero-order chi connectivity index (χ0) is 21.8. The highest BCUT2D eigenvalue weighted by Crippen LogP contribution is 2.27. The molecule has 4 rings (SSSR count). The molecule has 1 saturated heterocycles. The lowest BCUT2D eigenvalue weighted by molar-refractivity contribution is -0.116. The van der Waals surface area contributed by atoms with Crippen molar-refractivity contribution in [3.05, 3.63) is 41.5 Å². The van der Waals surface area contributed by atoms with E-state index in [1.54, 1.807) is 6.92 Å². The van der Waals surface area contributed by atoms with Crippen LogP contribution >= 0.6 is 11.8 Å². The Hall–Kier alpha value is -2.78. The van der Waals surface area contributed by atoms with E-state index in [4.69, 9.17) is 4.98 Å². The molecule has 162 valence electrons. The van der Waals surface area contributed by atoms with E-state index in [1.807, 2.05) is 30.3 Å². The molecule has 0 amide bonds. The van der Waals surface area contributed by atoms with E-state index >= 15 is 0 Å². The van der Waals surface area contributed by atoms with Gasteiger partial charge in [-0.1, -0.05) is 12.1 Å². The normalized spacial score (nSPS) is 16.8. The Labute approximate surface area is 186 Å². The van der Waals surface area contributed by atoms with Gasteiger partial charge in [-0.25, -0.2) is 0 Å². The summed E-state index contributed by atoms with van der Waals surface area (Å²) in [5, 5.41) is 3.87. The maximum absolute atomic E-state index is 11.3. The first-order chi connectivity index (χ1) is 14.9. The van der Waals surface area contributed by atoms with Crippen LogP contribution in [0.25, 0.3) is 0 Å². The molecule has 0 radical (unpaired) electrons. The number of aliphatic imine (C=N–C) groups is 1. The Kier molecular flexibility index (Phi) is 6.62. The molecule has 0 saturated carbocycles. The van der Waals surface area contributed by atoms with Crippen molar-refractivity contribution in [2.45, 2.75) is 30.3 Å². The lowest BCUT2D eigenvalue weighted by Gasteiger charge is -2.32. The fourth-order valence-electron chi connectivity index (χ4n) is 3.39. The van der Waals surface area contributed by atoms with Gasteiger partial charge in [-0.2, -0.15) is 15.0 Å². The third kappa shape index (κ3) is 5.89. The van der Waals surface area contributed by atoms with E-state index in [-0.39, 0.29) is 5.78 Å². The van der Waals surface area contributed by atoms with Gasteiger partial charge in [0, 0.05) is 37.5 Å². The molecule has 2 aliphatic heterocycles. The van der Waals surface area contributed by atoms with Gasteiger partial charge in [-0.15, -0.1) is 0 Å². The second-order valence-corrected chi connectivity index (χ2v) is 9.01. The lowest BCUT2D eigenvalue weighted by Crippen LogP contribution is -2.45. The number of carbonyl (C=O) groups is 1. The predicted octanol–water partition coefficient (Wildman–Crippen LogP) is 2.68. The molecule has 8 nitrogen and oxygen atoms in total. The SMILES string of the molecule is CC(=O)Cc1ccc(Sc2nc(NC3=NCC(C)=C3)nc(N3CCN(C)CC3)n2)cc1. The summed E-state index contributed by atoms with van der Waals surface area (Å²) in [5.41, 5.74) is 2.21. The quantitative estimate of drug-likeness (QED) is 0.738. The Morgan fingerprint density at radius 2 is 1.84 bits per heavy atom. The number of Topliss-reactive ketones (excluding diaryl/α,β-unsaturated/α-hetero) is 1. The minimum absolute atomic E-state index is 0.157. The second kappa shape index (κ2) is 9.57. The van der Waals surface area contributed by atoms with Gasteiger partial charge in [0.25, 0.3) is 0 Å². The molecule has 1 fully saturated rings. The van der Waals surface area contributed by atoms with Crippen molar-refractivity contribution in [3.8, 4) is 0 Å². The molecular weight excluding hydrogens is 410 g/mol. The summed E-state index contributed by atoms with van der Waals surface area (Å²) < 4.78 is 0. The number of hydrogen-bond donors (Lipinski definition) is 1. The minimum Gasteiger partial charge on any atom is -0.338 e. The summed E-state index contributed by atoms with van der Waals surface area (Å²) in [4.78, 5) is 35.4. The average Bonchev–Trinajstić information content (AvgIpc) is 3.14. The molecular formula is C22H27N7OS. The molecule has 1 N–H and O–H groups in total. The molecule has 0 atom stereocenters. The Balaban J connectivity index is 1.57. The highest BCUT2D eigenvalue weighted by atomic mass is 32.2.